The molecule has 4 heteroatoms. The monoisotopic (exact) mass is 282 g/mol. The van der Waals surface area contributed by atoms with Gasteiger partial charge in [0, 0.05) is 0 Å². The molecule has 0 saturated carbocycles. The van der Waals surface area contributed by atoms with E-state index >= 15 is 0 Å². The number of nitrogens with one attached hydrogen (secondary N) is 2. The molecule has 1 aliphatic heterocycles. The van der Waals surface area contributed by atoms with Crippen molar-refractivity contribution in [1.29, 1.82) is 0 Å². The van der Waals surface area contributed by atoms with E-state index in [1.54, 1.807) is 0 Å². The molecule has 21 heavy (non-hydrogen) atoms. The van der Waals surface area contributed by atoms with Crippen LogP contribution in [0.1, 0.15) is 22.7 Å². The Bertz CT molecular complexity index is 682. The minimum atomic E-state index is -0.114. The Labute approximate surface area is 124 Å². The maximum atomic E-state index is 11.4. The summed E-state index contributed by atoms with van der Waals surface area (Å²) < 4.78 is 5.40. The Morgan fingerprint density at radius 1 is 1.24 bits per heavy atom. The highest BCUT2D eigenvalue weighted by Crippen LogP contribution is 2.33. The molecule has 3 rings (SSSR count). The number of hydrogen-bond donors (Lipinski definition) is 2. The van der Waals surface area contributed by atoms with Gasteiger partial charge >= 0.3 is 0 Å². The summed E-state index contributed by atoms with van der Waals surface area (Å²) >= 11 is 0. The van der Waals surface area contributed by atoms with Crippen LogP contribution in [0.2, 0.25) is 0 Å². The fraction of sp³-hybridized carbons (Fsp3) is 0.235. The highest BCUT2D eigenvalue weighted by molar-refractivity contribution is 5.95. The van der Waals surface area contributed by atoms with Crippen molar-refractivity contribution < 1.29 is 9.53 Å². The fourth-order valence-electron chi connectivity index (χ4n) is 2.69. The van der Waals surface area contributed by atoms with Gasteiger partial charge in [-0.2, -0.15) is 0 Å². The number of fused-ring (bicyclic) bond motifs is 1. The van der Waals surface area contributed by atoms with Crippen molar-refractivity contribution in [2.24, 2.45) is 0 Å². The summed E-state index contributed by atoms with van der Waals surface area (Å²) in [5.41, 5.74) is 4.28. The van der Waals surface area contributed by atoms with Crippen LogP contribution in [-0.4, -0.2) is 19.6 Å². The summed E-state index contributed by atoms with van der Waals surface area (Å²) in [6.45, 7) is 2.18. The third kappa shape index (κ3) is 2.62. The number of benzene rings is 2. The van der Waals surface area contributed by atoms with E-state index in [0.717, 1.165) is 17.0 Å². The molecule has 1 atom stereocenters. The topological polar surface area (TPSA) is 50.4 Å². The molecular formula is C17H18N2O2. The molecule has 0 radical (unpaired) electrons. The molecule has 1 aliphatic rings. The number of rotatable bonds is 3. The molecule has 0 aliphatic carbocycles. The number of hydrogen-bond acceptors (Lipinski definition) is 3. The normalized spacial score (nSPS) is 14.9. The molecule has 0 aromatic heterocycles. The van der Waals surface area contributed by atoms with Gasteiger partial charge in [-0.25, -0.2) is 0 Å². The molecule has 4 nitrogen and oxygen atoms in total. The number of carbonyl (C=O) groups is 1. The van der Waals surface area contributed by atoms with Gasteiger partial charge in [0.05, 0.1) is 11.7 Å². The lowest BCUT2D eigenvalue weighted by Crippen LogP contribution is -2.26. The molecule has 1 amide bonds. The van der Waals surface area contributed by atoms with Gasteiger partial charge in [0.2, 0.25) is 0 Å². The summed E-state index contributed by atoms with van der Waals surface area (Å²) in [7, 11) is 1.94. The molecule has 1 unspecified atom stereocenters. The molecule has 2 aromatic rings. The van der Waals surface area contributed by atoms with Crippen molar-refractivity contribution >= 4 is 11.6 Å². The average Bonchev–Trinajstić information content (AvgIpc) is 2.49. The van der Waals surface area contributed by atoms with E-state index in [1.165, 1.54) is 11.1 Å². The predicted octanol–water partition coefficient (Wildman–Crippen LogP) is 2.63. The largest absolute Gasteiger partial charge is 0.482 e. The maximum absolute atomic E-state index is 11.4. The van der Waals surface area contributed by atoms with Crippen molar-refractivity contribution in [3.05, 3.63) is 59.2 Å². The minimum Gasteiger partial charge on any atom is -0.482 e. The van der Waals surface area contributed by atoms with E-state index in [2.05, 4.69) is 29.7 Å². The first-order valence-electron chi connectivity index (χ1n) is 6.98. The van der Waals surface area contributed by atoms with Crippen molar-refractivity contribution in [3.8, 4) is 5.75 Å². The summed E-state index contributed by atoms with van der Waals surface area (Å²) in [6.07, 6.45) is 0. The summed E-state index contributed by atoms with van der Waals surface area (Å²) in [4.78, 5) is 11.4. The van der Waals surface area contributed by atoms with Gasteiger partial charge in [0.1, 0.15) is 5.75 Å². The lowest BCUT2D eigenvalue weighted by Gasteiger charge is -2.23. The number of carbonyl (C=O) groups excluding carboxylic acids is 1. The second-order valence-corrected chi connectivity index (χ2v) is 5.17. The summed E-state index contributed by atoms with van der Waals surface area (Å²) in [5, 5.41) is 6.19. The van der Waals surface area contributed by atoms with Gasteiger partial charge in [0.25, 0.3) is 5.91 Å². The zero-order valence-corrected chi connectivity index (χ0v) is 12.1. The first-order chi connectivity index (χ1) is 10.2. The highest BCUT2D eigenvalue weighted by atomic mass is 16.5. The fourth-order valence-corrected chi connectivity index (χ4v) is 2.69. The Morgan fingerprint density at radius 2 is 2.05 bits per heavy atom. The molecule has 0 saturated heterocycles. The van der Waals surface area contributed by atoms with Crippen LogP contribution in [0, 0.1) is 6.92 Å². The van der Waals surface area contributed by atoms with Gasteiger partial charge in [0.15, 0.2) is 6.61 Å². The quantitative estimate of drug-likeness (QED) is 0.910. The Kier molecular flexibility index (Phi) is 3.62. The summed E-state index contributed by atoms with van der Waals surface area (Å²) in [5.74, 6) is 0.606. The number of aryl methyl sites for hydroxylation is 1. The highest BCUT2D eigenvalue weighted by Gasteiger charge is 2.19. The lowest BCUT2D eigenvalue weighted by molar-refractivity contribution is -0.118. The van der Waals surface area contributed by atoms with Crippen molar-refractivity contribution in [2.45, 2.75) is 13.0 Å². The van der Waals surface area contributed by atoms with Crippen LogP contribution in [0.15, 0.2) is 42.5 Å². The van der Waals surface area contributed by atoms with Crippen molar-refractivity contribution in [2.75, 3.05) is 19.0 Å². The van der Waals surface area contributed by atoms with E-state index in [4.69, 9.17) is 4.74 Å². The Morgan fingerprint density at radius 3 is 2.81 bits per heavy atom. The Hall–Kier alpha value is -2.33. The smallest absolute Gasteiger partial charge is 0.262 e. The van der Waals surface area contributed by atoms with Gasteiger partial charge in [-0.05, 0) is 42.8 Å². The third-order valence-electron chi connectivity index (χ3n) is 3.76. The summed E-state index contributed by atoms with van der Waals surface area (Å²) in [6, 6.07) is 14.3. The van der Waals surface area contributed by atoms with Gasteiger partial charge in [-0.1, -0.05) is 30.3 Å². The molecule has 1 heterocycles. The molecule has 0 spiro atoms. The zero-order valence-electron chi connectivity index (χ0n) is 12.1. The number of amides is 1. The zero-order chi connectivity index (χ0) is 14.8. The first-order valence-corrected chi connectivity index (χ1v) is 6.98. The van der Waals surface area contributed by atoms with Gasteiger partial charge in [-0.15, -0.1) is 0 Å². The number of anilines is 1. The van der Waals surface area contributed by atoms with Crippen LogP contribution in [0.4, 0.5) is 5.69 Å². The molecule has 2 N–H and O–H groups in total. The van der Waals surface area contributed by atoms with Gasteiger partial charge in [-0.3, -0.25) is 4.79 Å². The van der Waals surface area contributed by atoms with Gasteiger partial charge < -0.3 is 15.4 Å². The second-order valence-electron chi connectivity index (χ2n) is 5.17. The molecule has 0 bridgehead atoms. The van der Waals surface area contributed by atoms with Crippen LogP contribution in [0.3, 0.4) is 0 Å². The lowest BCUT2D eigenvalue weighted by atomic mass is 9.94. The van der Waals surface area contributed by atoms with Crippen LogP contribution >= 0.6 is 0 Å². The van der Waals surface area contributed by atoms with Crippen molar-refractivity contribution in [3.63, 3.8) is 0 Å². The Balaban J connectivity index is 2.00. The number of ether oxygens (including phenoxy) is 1. The molecule has 0 fully saturated rings. The van der Waals surface area contributed by atoms with E-state index in [-0.39, 0.29) is 18.6 Å². The minimum absolute atomic E-state index is 0.0790. The van der Waals surface area contributed by atoms with E-state index < -0.39 is 0 Å². The van der Waals surface area contributed by atoms with Crippen LogP contribution < -0.4 is 15.4 Å². The van der Waals surface area contributed by atoms with Crippen molar-refractivity contribution in [1.82, 2.24) is 5.32 Å². The second kappa shape index (κ2) is 5.58. The first kappa shape index (κ1) is 13.6. The molecular weight excluding hydrogens is 264 g/mol. The van der Waals surface area contributed by atoms with E-state index in [9.17, 15) is 4.79 Å². The van der Waals surface area contributed by atoms with E-state index in [1.807, 2.05) is 37.4 Å². The van der Waals surface area contributed by atoms with Crippen LogP contribution in [-0.2, 0) is 4.79 Å². The predicted molar refractivity (Wildman–Crippen MR) is 82.6 cm³/mol. The standard InChI is InChI=1S/C17H18N2O2/c1-11-5-3-4-6-13(11)17(18-2)12-7-8-15-14(9-12)19-16(20)10-21-15/h3-9,17-18H,10H2,1-2H3,(H,19,20). The molecule has 2 aromatic carbocycles. The van der Waals surface area contributed by atoms with Crippen LogP contribution in [0.25, 0.3) is 0 Å². The maximum Gasteiger partial charge on any atom is 0.262 e. The van der Waals surface area contributed by atoms with Crippen LogP contribution in [0.5, 0.6) is 5.75 Å². The van der Waals surface area contributed by atoms with E-state index in [0.29, 0.717) is 0 Å². The molecule has 108 valence electrons. The average molecular weight is 282 g/mol. The third-order valence-corrected chi connectivity index (χ3v) is 3.76. The SMILES string of the molecule is CNC(c1ccc2c(c1)NC(=O)CO2)c1ccccc1C.